The van der Waals surface area contributed by atoms with E-state index in [2.05, 4.69) is 68.8 Å². The predicted molar refractivity (Wildman–Crippen MR) is 102 cm³/mol. The van der Waals surface area contributed by atoms with E-state index in [0.29, 0.717) is 0 Å². The van der Waals surface area contributed by atoms with Gasteiger partial charge in [0.15, 0.2) is 0 Å². The highest BCUT2D eigenvalue weighted by Crippen LogP contribution is 2.48. The molecular weight excluding hydrogens is 404 g/mol. The minimum atomic E-state index is -0.147. The predicted octanol–water partition coefficient (Wildman–Crippen LogP) is 5.81. The molecule has 120 valence electrons. The molecule has 3 aromatic rings. The number of hydrazone groups is 1. The van der Waals surface area contributed by atoms with Crippen LogP contribution in [0.4, 0.5) is 0 Å². The van der Waals surface area contributed by atoms with Gasteiger partial charge in [-0.25, -0.2) is 5.01 Å². The van der Waals surface area contributed by atoms with Crippen LogP contribution in [0.1, 0.15) is 34.0 Å². The van der Waals surface area contributed by atoms with Crippen LogP contribution in [0.2, 0.25) is 0 Å². The summed E-state index contributed by atoms with van der Waals surface area (Å²) in [5.41, 5.74) is 2.36. The Morgan fingerprint density at radius 3 is 2.83 bits per heavy atom. The Bertz CT molecular complexity index is 919. The third-order valence-electron chi connectivity index (χ3n) is 4.34. The fourth-order valence-electron chi connectivity index (χ4n) is 3.27. The van der Waals surface area contributed by atoms with Gasteiger partial charge >= 0.3 is 0 Å². The standard InChI is InChI=1S/C18H13BrN2OS2/c19-17-8-7-15(24-17)12-10-13-11-4-1-2-5-14(11)22-18(21(13)20-12)16-6-3-9-23-16/h1-9,13,18H,10H2/t13-,18-/m1/s1. The smallest absolute Gasteiger partial charge is 0.222 e. The Morgan fingerprint density at radius 1 is 1.12 bits per heavy atom. The number of benzene rings is 1. The number of para-hydroxylation sites is 1. The van der Waals surface area contributed by atoms with Crippen molar-refractivity contribution in [2.45, 2.75) is 18.7 Å². The molecule has 5 rings (SSSR count). The SMILES string of the molecule is Brc1ccc(C2=NN3[C@H](C2)c2ccccc2O[C@@H]3c2cccs2)s1. The Hall–Kier alpha value is -1.63. The quantitative estimate of drug-likeness (QED) is 0.525. The van der Waals surface area contributed by atoms with Gasteiger partial charge in [0.1, 0.15) is 5.75 Å². The average Bonchev–Trinajstić information content (AvgIpc) is 3.34. The van der Waals surface area contributed by atoms with Gasteiger partial charge in [0.05, 0.1) is 25.3 Å². The molecule has 3 nitrogen and oxygen atoms in total. The van der Waals surface area contributed by atoms with E-state index in [1.807, 2.05) is 6.07 Å². The van der Waals surface area contributed by atoms with E-state index in [1.165, 1.54) is 15.3 Å². The molecule has 2 atom stereocenters. The zero-order valence-electron chi connectivity index (χ0n) is 12.6. The number of hydrogen-bond acceptors (Lipinski definition) is 5. The van der Waals surface area contributed by atoms with Crippen LogP contribution in [0, 0.1) is 0 Å². The molecule has 0 spiro atoms. The van der Waals surface area contributed by atoms with E-state index in [0.717, 1.165) is 21.7 Å². The van der Waals surface area contributed by atoms with Crippen LogP contribution in [-0.4, -0.2) is 10.7 Å². The third-order valence-corrected chi connectivity index (χ3v) is 6.92. The zero-order chi connectivity index (χ0) is 16.1. The summed E-state index contributed by atoms with van der Waals surface area (Å²) >= 11 is 7.00. The van der Waals surface area contributed by atoms with Crippen LogP contribution in [0.5, 0.6) is 5.75 Å². The molecule has 0 aliphatic carbocycles. The van der Waals surface area contributed by atoms with Gasteiger partial charge in [-0.05, 0) is 45.6 Å². The number of ether oxygens (including phenoxy) is 1. The van der Waals surface area contributed by atoms with Crippen LogP contribution >= 0.6 is 38.6 Å². The first-order valence-corrected chi connectivity index (χ1v) is 10.2. The van der Waals surface area contributed by atoms with Gasteiger partial charge in [0.25, 0.3) is 0 Å². The van der Waals surface area contributed by atoms with Crippen molar-refractivity contribution in [1.82, 2.24) is 5.01 Å². The van der Waals surface area contributed by atoms with Crippen LogP contribution in [0.25, 0.3) is 0 Å². The lowest BCUT2D eigenvalue weighted by Crippen LogP contribution is -2.33. The first-order chi connectivity index (χ1) is 11.8. The summed E-state index contributed by atoms with van der Waals surface area (Å²) in [6.07, 6.45) is 0.765. The van der Waals surface area contributed by atoms with Crippen LogP contribution in [0.15, 0.2) is 62.8 Å². The van der Waals surface area contributed by atoms with Crippen molar-refractivity contribution in [3.63, 3.8) is 0 Å². The van der Waals surface area contributed by atoms with Crippen molar-refractivity contribution in [1.29, 1.82) is 0 Å². The number of rotatable bonds is 2. The van der Waals surface area contributed by atoms with E-state index in [1.54, 1.807) is 22.7 Å². The summed E-state index contributed by atoms with van der Waals surface area (Å²) in [5.74, 6) is 0.973. The average molecular weight is 417 g/mol. The Labute approximate surface area is 156 Å². The van der Waals surface area contributed by atoms with E-state index in [9.17, 15) is 0 Å². The highest BCUT2D eigenvalue weighted by molar-refractivity contribution is 9.11. The normalized spacial score (nSPS) is 21.9. The number of fused-ring (bicyclic) bond motifs is 3. The van der Waals surface area contributed by atoms with E-state index < -0.39 is 0 Å². The molecule has 0 amide bonds. The van der Waals surface area contributed by atoms with Gasteiger partial charge in [-0.1, -0.05) is 24.3 Å². The van der Waals surface area contributed by atoms with Crippen LogP contribution < -0.4 is 4.74 Å². The molecule has 0 fully saturated rings. The number of thiophene rings is 2. The highest BCUT2D eigenvalue weighted by atomic mass is 79.9. The monoisotopic (exact) mass is 416 g/mol. The summed E-state index contributed by atoms with van der Waals surface area (Å²) < 4.78 is 7.44. The highest BCUT2D eigenvalue weighted by Gasteiger charge is 2.41. The van der Waals surface area contributed by atoms with Crippen molar-refractivity contribution in [3.05, 3.63) is 73.0 Å². The zero-order valence-corrected chi connectivity index (χ0v) is 15.8. The Balaban J connectivity index is 1.60. The van der Waals surface area contributed by atoms with Crippen LogP contribution in [-0.2, 0) is 0 Å². The first-order valence-electron chi connectivity index (χ1n) is 7.70. The van der Waals surface area contributed by atoms with Crippen LogP contribution in [0.3, 0.4) is 0 Å². The molecule has 0 saturated carbocycles. The second-order valence-electron chi connectivity index (χ2n) is 5.77. The lowest BCUT2D eigenvalue weighted by molar-refractivity contribution is -0.0165. The summed E-state index contributed by atoms with van der Waals surface area (Å²) in [6, 6.07) is 17.0. The summed E-state index contributed by atoms with van der Waals surface area (Å²) in [6.45, 7) is 0. The lowest BCUT2D eigenvalue weighted by atomic mass is 9.98. The fourth-order valence-corrected chi connectivity index (χ4v) is 5.40. The van der Waals surface area contributed by atoms with Gasteiger partial charge in [0.2, 0.25) is 6.23 Å². The van der Waals surface area contributed by atoms with Crippen molar-refractivity contribution < 1.29 is 4.74 Å². The fraction of sp³-hybridized carbons (Fsp3) is 0.167. The summed E-state index contributed by atoms with van der Waals surface area (Å²) in [7, 11) is 0. The number of halogens is 1. The van der Waals surface area contributed by atoms with Crippen molar-refractivity contribution in [2.24, 2.45) is 5.10 Å². The molecular formula is C18H13BrN2OS2. The molecule has 0 saturated heterocycles. The third kappa shape index (κ3) is 2.32. The molecule has 0 N–H and O–H groups in total. The van der Waals surface area contributed by atoms with E-state index in [4.69, 9.17) is 9.84 Å². The van der Waals surface area contributed by atoms with Gasteiger partial charge in [0, 0.05) is 12.0 Å². The van der Waals surface area contributed by atoms with Gasteiger partial charge in [-0.15, -0.1) is 22.7 Å². The molecule has 2 aliphatic rings. The van der Waals surface area contributed by atoms with Crippen molar-refractivity contribution in [3.8, 4) is 5.75 Å². The second kappa shape index (κ2) is 5.72. The molecule has 6 heteroatoms. The second-order valence-corrected chi connectivity index (χ2v) is 9.22. The maximum Gasteiger partial charge on any atom is 0.222 e. The van der Waals surface area contributed by atoms with Gasteiger partial charge in [-0.2, -0.15) is 5.10 Å². The summed E-state index contributed by atoms with van der Waals surface area (Å²) in [4.78, 5) is 2.41. The molecule has 2 aromatic heterocycles. The van der Waals surface area contributed by atoms with E-state index in [-0.39, 0.29) is 12.3 Å². The molecule has 24 heavy (non-hydrogen) atoms. The molecule has 0 radical (unpaired) electrons. The first kappa shape index (κ1) is 14.7. The minimum Gasteiger partial charge on any atom is -0.464 e. The lowest BCUT2D eigenvalue weighted by Gasteiger charge is -2.37. The number of nitrogens with zero attached hydrogens (tertiary/aromatic N) is 2. The maximum atomic E-state index is 6.30. The topological polar surface area (TPSA) is 24.8 Å². The Kier molecular flexibility index (Phi) is 3.50. The van der Waals surface area contributed by atoms with Crippen molar-refractivity contribution >= 4 is 44.3 Å². The molecule has 1 aromatic carbocycles. The minimum absolute atomic E-state index is 0.147. The molecule has 0 bridgehead atoms. The Morgan fingerprint density at radius 2 is 2.04 bits per heavy atom. The molecule has 4 heterocycles. The van der Waals surface area contributed by atoms with E-state index >= 15 is 0 Å². The maximum absolute atomic E-state index is 6.30. The molecule has 2 aliphatic heterocycles. The van der Waals surface area contributed by atoms with Gasteiger partial charge in [-0.3, -0.25) is 0 Å². The number of hydrogen-bond donors (Lipinski definition) is 0. The summed E-state index contributed by atoms with van der Waals surface area (Å²) in [5, 5.41) is 9.18. The molecule has 0 unspecified atom stereocenters. The van der Waals surface area contributed by atoms with Gasteiger partial charge < -0.3 is 4.74 Å². The van der Waals surface area contributed by atoms with Crippen molar-refractivity contribution in [2.75, 3.05) is 0 Å². The largest absolute Gasteiger partial charge is 0.464 e.